The highest BCUT2D eigenvalue weighted by Gasteiger charge is 2.48. The fourth-order valence-electron chi connectivity index (χ4n) is 8.87. The molecule has 2 fully saturated rings. The van der Waals surface area contributed by atoms with Crippen LogP contribution in [0.3, 0.4) is 0 Å². The molecule has 358 valence electrons. The zero-order valence-corrected chi connectivity index (χ0v) is 39.7. The lowest BCUT2D eigenvalue weighted by molar-refractivity contribution is -0.0436. The van der Waals surface area contributed by atoms with Gasteiger partial charge in [0.25, 0.3) is 25.8 Å². The quantitative estimate of drug-likeness (QED) is 0.0621. The van der Waals surface area contributed by atoms with Crippen LogP contribution in [0.25, 0.3) is 11.1 Å². The van der Waals surface area contributed by atoms with Crippen LogP contribution in [0.5, 0.6) is 0 Å². The maximum absolute atomic E-state index is 14.3. The van der Waals surface area contributed by atoms with Gasteiger partial charge in [-0.2, -0.15) is 13.2 Å². The molecule has 2 aliphatic rings. The average molecular weight is 1000 g/mol. The number of aliphatic hydroxyl groups is 2. The topological polar surface area (TPSA) is 166 Å². The minimum atomic E-state index is -6.11. The standard InChI is InChI=1S/C48H52ClF3N4O8S3/c1-64-44-30-56(25-23-42(44)46(58)41-12-6-5-11-40(41)32-13-17-34(49)18-14-32)36-19-15-33(16-20-36)47(59)54-67(62,63)39-21-22-43(45(29-39)66(60,61)48(50,51)52)53-35(31-65-38-9-3-2-4-10-38)28-37-8-7-24-55(37)26-27-57/h2-6,9-22,29,35,37,42,44,46,53,57-58H,7-8,23-28,30-31H2,1H3,(H,54,59)/t35-,37-,42?,44-,46+/m1/s1. The van der Waals surface area contributed by atoms with Gasteiger partial charge in [-0.1, -0.05) is 66.2 Å². The maximum Gasteiger partial charge on any atom is 0.501 e. The Hall–Kier alpha value is -4.66. The lowest BCUT2D eigenvalue weighted by atomic mass is 9.82. The lowest BCUT2D eigenvalue weighted by Gasteiger charge is -2.41. The van der Waals surface area contributed by atoms with Gasteiger partial charge in [0.05, 0.1) is 29.4 Å². The molecule has 2 aliphatic heterocycles. The van der Waals surface area contributed by atoms with Gasteiger partial charge in [-0.3, -0.25) is 9.69 Å². The molecule has 0 bridgehead atoms. The number of rotatable bonds is 18. The number of sulfone groups is 1. The van der Waals surface area contributed by atoms with Crippen LogP contribution in [0, 0.1) is 5.92 Å². The normalized spacial score (nSPS) is 19.2. The molecule has 5 atom stereocenters. The summed E-state index contributed by atoms with van der Waals surface area (Å²) in [5.41, 5.74) is -3.08. The molecule has 0 spiro atoms. The van der Waals surface area contributed by atoms with Gasteiger partial charge in [-0.05, 0) is 116 Å². The highest BCUT2D eigenvalue weighted by Crippen LogP contribution is 2.40. The molecule has 67 heavy (non-hydrogen) atoms. The number of hydrogen-bond donors (Lipinski definition) is 4. The number of thioether (sulfide) groups is 1. The van der Waals surface area contributed by atoms with Crippen molar-refractivity contribution in [3.63, 3.8) is 0 Å². The van der Waals surface area contributed by atoms with Crippen molar-refractivity contribution in [2.45, 2.75) is 70.2 Å². The van der Waals surface area contributed by atoms with E-state index in [0.717, 1.165) is 53.1 Å². The van der Waals surface area contributed by atoms with Crippen molar-refractivity contribution < 1.29 is 49.8 Å². The van der Waals surface area contributed by atoms with Gasteiger partial charge in [0.15, 0.2) is 0 Å². The molecule has 2 heterocycles. The van der Waals surface area contributed by atoms with Gasteiger partial charge in [0, 0.05) is 71.7 Å². The molecule has 5 aromatic rings. The molecule has 0 saturated carbocycles. The van der Waals surface area contributed by atoms with E-state index in [1.54, 1.807) is 31.4 Å². The molecular weight excluding hydrogens is 949 g/mol. The second-order valence-corrected chi connectivity index (χ2v) is 21.7. The number of alkyl halides is 3. The number of benzene rings is 5. The number of carbonyl (C=O) groups excluding carboxylic acids is 1. The maximum atomic E-state index is 14.3. The third kappa shape index (κ3) is 12.0. The number of sulfonamides is 1. The van der Waals surface area contributed by atoms with E-state index in [4.69, 9.17) is 16.3 Å². The molecule has 1 amide bonds. The number of methoxy groups -OCH3 is 1. The number of aliphatic hydroxyl groups excluding tert-OH is 2. The van der Waals surface area contributed by atoms with Crippen molar-refractivity contribution in [3.8, 4) is 11.1 Å². The number of anilines is 2. The van der Waals surface area contributed by atoms with Gasteiger partial charge < -0.3 is 25.2 Å². The van der Waals surface area contributed by atoms with Gasteiger partial charge in [0.1, 0.15) is 4.90 Å². The van der Waals surface area contributed by atoms with Crippen LogP contribution >= 0.6 is 23.4 Å². The molecular formula is C48H52ClF3N4O8S3. The van der Waals surface area contributed by atoms with Gasteiger partial charge in [-0.25, -0.2) is 21.6 Å². The molecule has 12 nitrogen and oxygen atoms in total. The van der Waals surface area contributed by atoms with E-state index in [0.29, 0.717) is 55.0 Å². The van der Waals surface area contributed by atoms with Crippen LogP contribution < -0.4 is 14.9 Å². The summed E-state index contributed by atoms with van der Waals surface area (Å²) in [6.07, 6.45) is 1.32. The highest BCUT2D eigenvalue weighted by molar-refractivity contribution is 7.99. The molecule has 0 aliphatic carbocycles. The Bertz CT molecular complexity index is 2700. The van der Waals surface area contributed by atoms with Crippen molar-refractivity contribution in [2.75, 3.05) is 55.9 Å². The van der Waals surface area contributed by atoms with Crippen LogP contribution in [-0.2, 0) is 24.6 Å². The number of β-amino-alcohol motifs (C(OH)–C–C–N with tert-alkyl or cyclic N) is 1. The van der Waals surface area contributed by atoms with Gasteiger partial charge in [-0.15, -0.1) is 11.8 Å². The van der Waals surface area contributed by atoms with Gasteiger partial charge >= 0.3 is 5.51 Å². The number of amides is 1. The van der Waals surface area contributed by atoms with E-state index in [-0.39, 0.29) is 24.1 Å². The first-order valence-corrected chi connectivity index (χ1v) is 26.0. The number of halogens is 4. The summed E-state index contributed by atoms with van der Waals surface area (Å²) in [5, 5.41) is 24.9. The third-order valence-corrected chi connectivity index (χ3v) is 16.6. The number of hydrogen-bond acceptors (Lipinski definition) is 12. The van der Waals surface area contributed by atoms with Crippen LogP contribution in [0.4, 0.5) is 24.5 Å². The largest absolute Gasteiger partial charge is 0.501 e. The third-order valence-electron chi connectivity index (χ3n) is 12.3. The smallest absolute Gasteiger partial charge is 0.395 e. The zero-order chi connectivity index (χ0) is 47.9. The minimum Gasteiger partial charge on any atom is -0.395 e. The number of piperidine rings is 1. The summed E-state index contributed by atoms with van der Waals surface area (Å²) >= 11 is 7.54. The summed E-state index contributed by atoms with van der Waals surface area (Å²) in [7, 11) is -9.45. The van der Waals surface area contributed by atoms with Crippen molar-refractivity contribution in [3.05, 3.63) is 137 Å². The average Bonchev–Trinajstić information content (AvgIpc) is 3.76. The van der Waals surface area contributed by atoms with E-state index < -0.39 is 65.0 Å². The van der Waals surface area contributed by atoms with E-state index in [9.17, 15) is 45.0 Å². The Balaban J connectivity index is 1.06. The Labute approximate surface area is 398 Å². The van der Waals surface area contributed by atoms with E-state index in [2.05, 4.69) is 10.2 Å². The summed E-state index contributed by atoms with van der Waals surface area (Å²) in [6, 6.07) is 32.0. The van der Waals surface area contributed by atoms with Crippen molar-refractivity contribution >= 4 is 60.5 Å². The number of likely N-dealkylation sites (tertiary alicyclic amines) is 1. The molecule has 2 saturated heterocycles. The van der Waals surface area contributed by atoms with Crippen LogP contribution in [0.15, 0.2) is 136 Å². The van der Waals surface area contributed by atoms with Crippen molar-refractivity contribution in [1.82, 2.24) is 9.62 Å². The first kappa shape index (κ1) is 50.2. The summed E-state index contributed by atoms with van der Waals surface area (Å²) in [6.45, 7) is 1.97. The number of nitrogens with one attached hydrogen (secondary N) is 2. The van der Waals surface area contributed by atoms with Crippen LogP contribution in [0.2, 0.25) is 5.02 Å². The predicted molar refractivity (Wildman–Crippen MR) is 255 cm³/mol. The molecule has 5 aromatic carbocycles. The lowest BCUT2D eigenvalue weighted by Crippen LogP contribution is -2.47. The highest BCUT2D eigenvalue weighted by atomic mass is 35.5. The molecule has 1 unspecified atom stereocenters. The molecule has 19 heteroatoms. The first-order valence-electron chi connectivity index (χ1n) is 21.7. The Kier molecular flexibility index (Phi) is 16.3. The fraction of sp³-hybridized carbons (Fsp3) is 0.354. The summed E-state index contributed by atoms with van der Waals surface area (Å²) in [5.74, 6) is -1.03. The van der Waals surface area contributed by atoms with E-state index in [1.165, 1.54) is 23.9 Å². The van der Waals surface area contributed by atoms with E-state index >= 15 is 0 Å². The molecule has 4 N–H and O–H groups in total. The number of carbonyl (C=O) groups is 1. The van der Waals surface area contributed by atoms with Crippen molar-refractivity contribution in [2.24, 2.45) is 5.92 Å². The monoisotopic (exact) mass is 1000 g/mol. The minimum absolute atomic E-state index is 0.0447. The van der Waals surface area contributed by atoms with Crippen molar-refractivity contribution in [1.29, 1.82) is 0 Å². The zero-order valence-electron chi connectivity index (χ0n) is 36.5. The number of ether oxygens (including phenoxy) is 1. The first-order chi connectivity index (χ1) is 32.0. The fourth-order valence-corrected chi connectivity index (χ4v) is 12.0. The Morgan fingerprint density at radius 3 is 2.30 bits per heavy atom. The SMILES string of the molecule is CO[C@@H]1CN(c2ccc(C(=O)NS(=O)(=O)c3ccc(N[C@@H](CSc4ccccc4)C[C@H]4CCCN4CCO)c(S(=O)(=O)C(F)(F)F)c3)cc2)CCC1[C@@H](O)c1ccccc1-c1ccc(Cl)cc1. The molecule has 0 radical (unpaired) electrons. The van der Waals surface area contributed by atoms with E-state index in [1.807, 2.05) is 76.4 Å². The number of nitrogens with zero attached hydrogens (tertiary/aromatic N) is 2. The summed E-state index contributed by atoms with van der Waals surface area (Å²) in [4.78, 5) is 16.2. The van der Waals surface area contributed by atoms with Gasteiger partial charge in [0.2, 0.25) is 0 Å². The molecule has 7 rings (SSSR count). The second kappa shape index (κ2) is 21.7. The summed E-state index contributed by atoms with van der Waals surface area (Å²) < 4.78 is 104. The Morgan fingerprint density at radius 1 is 0.910 bits per heavy atom. The van der Waals surface area contributed by atoms with Crippen LogP contribution in [0.1, 0.15) is 47.7 Å². The Morgan fingerprint density at radius 2 is 1.61 bits per heavy atom. The molecule has 0 aromatic heterocycles. The second-order valence-electron chi connectivity index (χ2n) is 16.6. The van der Waals surface area contributed by atoms with Crippen LogP contribution in [-0.4, -0.2) is 107 Å². The predicted octanol–water partition coefficient (Wildman–Crippen LogP) is 8.41.